The first kappa shape index (κ1) is 21.7. The summed E-state index contributed by atoms with van der Waals surface area (Å²) in [5.74, 6) is 2.06. The predicted molar refractivity (Wildman–Crippen MR) is 135 cm³/mol. The minimum Gasteiger partial charge on any atom is -0.383 e. The van der Waals surface area contributed by atoms with Crippen LogP contribution < -0.4 is 21.3 Å². The molecular weight excluding hydrogens is 444 g/mol. The predicted octanol–water partition coefficient (Wildman–Crippen LogP) is 2.82. The number of hydrogen-bond donors (Lipinski definition) is 3. The van der Waals surface area contributed by atoms with Gasteiger partial charge in [-0.05, 0) is 43.9 Å². The van der Waals surface area contributed by atoms with E-state index in [1.54, 1.807) is 19.4 Å². The van der Waals surface area contributed by atoms with E-state index in [0.29, 0.717) is 41.1 Å². The van der Waals surface area contributed by atoms with Crippen molar-refractivity contribution in [2.24, 2.45) is 16.6 Å². The molecule has 2 saturated heterocycles. The average Bonchev–Trinajstić information content (AvgIpc) is 3.68. The molecule has 5 heterocycles. The van der Waals surface area contributed by atoms with E-state index in [4.69, 9.17) is 10.5 Å². The van der Waals surface area contributed by atoms with Crippen LogP contribution in [0.25, 0.3) is 10.8 Å². The second-order valence-corrected chi connectivity index (χ2v) is 9.38. The van der Waals surface area contributed by atoms with Crippen LogP contribution in [0.4, 0.5) is 23.1 Å². The molecule has 2 unspecified atom stereocenters. The highest BCUT2D eigenvalue weighted by Crippen LogP contribution is 2.32. The molecule has 2 aliphatic heterocycles. The topological polar surface area (TPSA) is 131 Å². The van der Waals surface area contributed by atoms with E-state index in [2.05, 4.69) is 35.5 Å². The first-order valence-electron chi connectivity index (χ1n) is 12.1. The number of nitrogens with zero attached hydrogens (tertiary/aromatic N) is 5. The van der Waals surface area contributed by atoms with Crippen molar-refractivity contribution in [1.29, 1.82) is 0 Å². The van der Waals surface area contributed by atoms with Crippen LogP contribution in [0.3, 0.4) is 0 Å². The number of aliphatic imine (C=N–C) groups is 1. The largest absolute Gasteiger partial charge is 0.383 e. The lowest BCUT2D eigenvalue weighted by Crippen LogP contribution is -2.42. The number of anilines is 3. The zero-order valence-corrected chi connectivity index (χ0v) is 19.6. The van der Waals surface area contributed by atoms with Gasteiger partial charge in [-0.15, -0.1) is 0 Å². The number of carbonyl (C=O) groups excluding carboxylic acids is 1. The fourth-order valence-corrected chi connectivity index (χ4v) is 4.82. The average molecular weight is 473 g/mol. The number of amidine groups is 1. The second-order valence-electron chi connectivity index (χ2n) is 9.38. The van der Waals surface area contributed by atoms with Gasteiger partial charge >= 0.3 is 0 Å². The van der Waals surface area contributed by atoms with Crippen LogP contribution in [0.5, 0.6) is 0 Å². The third-order valence-corrected chi connectivity index (χ3v) is 6.86. The normalized spacial score (nSPS) is 21.9. The lowest BCUT2D eigenvalue weighted by molar-refractivity contribution is -0.117. The second kappa shape index (κ2) is 8.77. The van der Waals surface area contributed by atoms with Crippen LogP contribution in [0.15, 0.2) is 41.8 Å². The van der Waals surface area contributed by atoms with Crippen LogP contribution in [-0.2, 0) is 9.53 Å². The molecule has 0 spiro atoms. The van der Waals surface area contributed by atoms with Gasteiger partial charge in [0.05, 0.1) is 24.1 Å². The molecular formula is C25H28N8O2. The highest BCUT2D eigenvalue weighted by molar-refractivity contribution is 6.12. The quantitative estimate of drug-likeness (QED) is 0.369. The van der Waals surface area contributed by atoms with Gasteiger partial charge in [-0.2, -0.15) is 0 Å². The summed E-state index contributed by atoms with van der Waals surface area (Å²) >= 11 is 0. The van der Waals surface area contributed by atoms with Crippen LogP contribution in [0.1, 0.15) is 31.2 Å². The Kier molecular flexibility index (Phi) is 5.44. The fraction of sp³-hybridized carbons (Fsp3) is 0.400. The van der Waals surface area contributed by atoms with Gasteiger partial charge in [-0.25, -0.2) is 19.9 Å². The number of rotatable bonds is 6. The van der Waals surface area contributed by atoms with Crippen molar-refractivity contribution in [1.82, 2.24) is 15.0 Å². The molecule has 6 rings (SSSR count). The van der Waals surface area contributed by atoms with Crippen molar-refractivity contribution in [2.75, 3.05) is 35.7 Å². The molecule has 3 fully saturated rings. The number of carbonyl (C=O) groups is 1. The molecule has 180 valence electrons. The Morgan fingerprint density at radius 1 is 1.06 bits per heavy atom. The van der Waals surface area contributed by atoms with E-state index in [1.165, 1.54) is 0 Å². The summed E-state index contributed by atoms with van der Waals surface area (Å²) in [5.41, 5.74) is 8.15. The number of hydrogen-bond acceptors (Lipinski definition) is 8. The zero-order valence-electron chi connectivity index (χ0n) is 19.6. The van der Waals surface area contributed by atoms with Crippen molar-refractivity contribution in [3.05, 3.63) is 42.4 Å². The van der Waals surface area contributed by atoms with E-state index in [-0.39, 0.29) is 11.8 Å². The van der Waals surface area contributed by atoms with Crippen molar-refractivity contribution in [3.63, 3.8) is 0 Å². The third kappa shape index (κ3) is 4.37. The lowest BCUT2D eigenvalue weighted by atomic mass is 10.1. The standard InChI is InChI=1S/C25H28N8O2/c1-27-24-20-11-29-22(32-25(34)14-2-3-14)8-18(20)19(10-30-24)23(26)31-21-7-4-15(9-28-21)33-12-16-5-6-17(13-33)35-16/h4,7-11,14,16-17H,2-3,5-6,12-13H2,1H3,(H,27,30)(H2,26,28,31)(H,29,32,34). The molecule has 3 aliphatic rings. The maximum atomic E-state index is 12.2. The Morgan fingerprint density at radius 3 is 2.54 bits per heavy atom. The first-order chi connectivity index (χ1) is 17.1. The smallest absolute Gasteiger partial charge is 0.228 e. The van der Waals surface area contributed by atoms with Gasteiger partial charge < -0.3 is 26.0 Å². The molecule has 1 saturated carbocycles. The number of nitrogens with one attached hydrogen (secondary N) is 2. The summed E-state index contributed by atoms with van der Waals surface area (Å²) < 4.78 is 5.93. The summed E-state index contributed by atoms with van der Waals surface area (Å²) in [6.07, 6.45) is 9.95. The molecule has 3 aromatic rings. The number of pyridine rings is 3. The van der Waals surface area contributed by atoms with E-state index in [0.717, 1.165) is 55.2 Å². The number of nitrogens with two attached hydrogens (primary N) is 1. The van der Waals surface area contributed by atoms with Gasteiger partial charge in [0.25, 0.3) is 0 Å². The Bertz CT molecular complexity index is 1290. The van der Waals surface area contributed by atoms with Gasteiger partial charge in [-0.3, -0.25) is 4.79 Å². The Balaban J connectivity index is 1.28. The molecule has 1 aliphatic carbocycles. The third-order valence-electron chi connectivity index (χ3n) is 6.86. The van der Waals surface area contributed by atoms with E-state index < -0.39 is 0 Å². The van der Waals surface area contributed by atoms with Crippen molar-refractivity contribution >= 4 is 45.7 Å². The van der Waals surface area contributed by atoms with Gasteiger partial charge in [0, 0.05) is 54.8 Å². The number of fused-ring (bicyclic) bond motifs is 3. The summed E-state index contributed by atoms with van der Waals surface area (Å²) in [7, 11) is 1.80. The zero-order chi connectivity index (χ0) is 23.9. The molecule has 2 bridgehead atoms. The van der Waals surface area contributed by atoms with Crippen molar-refractivity contribution < 1.29 is 9.53 Å². The molecule has 10 nitrogen and oxygen atoms in total. The van der Waals surface area contributed by atoms with Gasteiger partial charge in [0.1, 0.15) is 17.5 Å². The Labute approximate surface area is 203 Å². The minimum atomic E-state index is 0.000462. The SMILES string of the molecule is CNc1ncc(C(N)=Nc2ccc(N3CC4CCC(C3)O4)cn2)c2cc(NC(=O)C3CC3)ncc12. The molecule has 0 aromatic carbocycles. The number of ether oxygens (including phenoxy) is 1. The molecule has 4 N–H and O–H groups in total. The van der Waals surface area contributed by atoms with E-state index >= 15 is 0 Å². The van der Waals surface area contributed by atoms with E-state index in [1.807, 2.05) is 24.4 Å². The van der Waals surface area contributed by atoms with Crippen LogP contribution in [0.2, 0.25) is 0 Å². The Hall–Kier alpha value is -3.79. The van der Waals surface area contributed by atoms with Crippen molar-refractivity contribution in [3.8, 4) is 0 Å². The summed E-state index contributed by atoms with van der Waals surface area (Å²) in [4.78, 5) is 32.5. The monoisotopic (exact) mass is 472 g/mol. The molecule has 0 radical (unpaired) electrons. The number of amides is 1. The first-order valence-corrected chi connectivity index (χ1v) is 12.1. The van der Waals surface area contributed by atoms with Crippen LogP contribution in [0, 0.1) is 5.92 Å². The highest BCUT2D eigenvalue weighted by Gasteiger charge is 2.34. The highest BCUT2D eigenvalue weighted by atomic mass is 16.5. The minimum absolute atomic E-state index is 0.000462. The van der Waals surface area contributed by atoms with Crippen LogP contribution >= 0.6 is 0 Å². The molecule has 3 aromatic heterocycles. The summed E-state index contributed by atoms with van der Waals surface area (Å²) in [5, 5.41) is 7.56. The summed E-state index contributed by atoms with van der Waals surface area (Å²) in [6, 6.07) is 5.72. The molecule has 2 atom stereocenters. The van der Waals surface area contributed by atoms with Gasteiger partial charge in [0.15, 0.2) is 5.82 Å². The molecule has 35 heavy (non-hydrogen) atoms. The number of morpholine rings is 1. The summed E-state index contributed by atoms with van der Waals surface area (Å²) in [6.45, 7) is 1.79. The van der Waals surface area contributed by atoms with Crippen LogP contribution in [-0.4, -0.2) is 59.0 Å². The fourth-order valence-electron chi connectivity index (χ4n) is 4.82. The molecule has 1 amide bonds. The Morgan fingerprint density at radius 2 is 1.86 bits per heavy atom. The maximum absolute atomic E-state index is 12.2. The van der Waals surface area contributed by atoms with Gasteiger partial charge in [0.2, 0.25) is 5.91 Å². The maximum Gasteiger partial charge on any atom is 0.228 e. The van der Waals surface area contributed by atoms with Crippen molar-refractivity contribution in [2.45, 2.75) is 37.9 Å². The number of aromatic nitrogens is 3. The molecule has 10 heteroatoms. The van der Waals surface area contributed by atoms with E-state index in [9.17, 15) is 4.79 Å². The van der Waals surface area contributed by atoms with Gasteiger partial charge in [-0.1, -0.05) is 0 Å². The lowest BCUT2D eigenvalue weighted by Gasteiger charge is -2.33.